The summed E-state index contributed by atoms with van der Waals surface area (Å²) in [6.45, 7) is -0.998. The first-order valence-corrected chi connectivity index (χ1v) is 6.96. The number of nitrogens with two attached hydrogens (primary N) is 1. The normalized spacial score (nSPS) is 12.5. The molecule has 0 heterocycles. The number of benzene rings is 1. The van der Waals surface area contributed by atoms with Gasteiger partial charge in [0, 0.05) is 11.5 Å². The van der Waals surface area contributed by atoms with Gasteiger partial charge in [0.05, 0.1) is 10.0 Å². The van der Waals surface area contributed by atoms with Crippen molar-refractivity contribution in [2.24, 2.45) is 4.99 Å². The van der Waals surface area contributed by atoms with E-state index in [-0.39, 0.29) is 19.5 Å². The number of amidine groups is 1. The zero-order chi connectivity index (χ0) is 16.8. The summed E-state index contributed by atoms with van der Waals surface area (Å²) >= 11 is 11.5. The van der Waals surface area contributed by atoms with E-state index in [9.17, 15) is 23.3 Å². The maximum atomic E-state index is 12.7. The molecule has 0 saturated heterocycles. The molecular weight excluding hydrogens is 346 g/mol. The van der Waals surface area contributed by atoms with Crippen LogP contribution in [0.3, 0.4) is 0 Å². The minimum atomic E-state index is -4.63. The van der Waals surface area contributed by atoms with Gasteiger partial charge in [0.15, 0.2) is 0 Å². The van der Waals surface area contributed by atoms with E-state index >= 15 is 0 Å². The number of alkyl halides is 3. The molecule has 1 aromatic carbocycles. The van der Waals surface area contributed by atoms with Crippen LogP contribution in [0.4, 0.5) is 13.2 Å². The molecule has 0 radical (unpaired) electrons. The lowest BCUT2D eigenvalue weighted by atomic mass is 10.1. The second-order valence-electron chi connectivity index (χ2n) is 4.31. The van der Waals surface area contributed by atoms with Crippen molar-refractivity contribution >= 4 is 29.0 Å². The first-order chi connectivity index (χ1) is 10.2. The third-order valence-corrected chi connectivity index (χ3v) is 3.35. The standard InChI is InChI=1S/C12H12Cl2F3N3O2/c13-9-2-1-8(7-10(9)14)3-4-18-11(12(15,16)17)19-5-6-20(21)22/h1-2,7H,3-6H2,(H,18,19)/p+1. The van der Waals surface area contributed by atoms with Crippen LogP contribution in [0.25, 0.3) is 0 Å². The van der Waals surface area contributed by atoms with E-state index in [0.29, 0.717) is 15.6 Å². The zero-order valence-electron chi connectivity index (χ0n) is 11.2. The van der Waals surface area contributed by atoms with Gasteiger partial charge >= 0.3 is 12.0 Å². The van der Waals surface area contributed by atoms with Gasteiger partial charge in [-0.05, 0) is 24.1 Å². The quantitative estimate of drug-likeness (QED) is 0.367. The molecule has 1 aromatic rings. The number of nitrogens with zero attached hydrogens (tertiary/aromatic N) is 2. The number of nitro groups is 1. The van der Waals surface area contributed by atoms with Crippen LogP contribution in [0, 0.1) is 10.1 Å². The zero-order valence-corrected chi connectivity index (χ0v) is 12.8. The molecule has 0 unspecified atom stereocenters. The Labute approximate surface area is 134 Å². The predicted molar refractivity (Wildman–Crippen MR) is 77.2 cm³/mol. The monoisotopic (exact) mass is 358 g/mol. The van der Waals surface area contributed by atoms with Gasteiger partial charge in [-0.25, -0.2) is 4.99 Å². The Bertz CT molecular complexity index is 565. The first-order valence-electron chi connectivity index (χ1n) is 6.20. The number of halogens is 5. The van der Waals surface area contributed by atoms with E-state index in [1.54, 1.807) is 18.2 Å². The Hall–Kier alpha value is -1.38. The van der Waals surface area contributed by atoms with Gasteiger partial charge in [0.1, 0.15) is 6.54 Å². The number of hydrogen-bond acceptors (Lipinski definition) is 3. The lowest BCUT2D eigenvalue weighted by molar-refractivity contribution is -0.598. The maximum Gasteiger partial charge on any atom is 0.486 e. The second kappa shape index (κ2) is 8.30. The van der Waals surface area contributed by atoms with Gasteiger partial charge < -0.3 is 0 Å². The van der Waals surface area contributed by atoms with Crippen LogP contribution in [0.15, 0.2) is 23.2 Å². The van der Waals surface area contributed by atoms with Crippen molar-refractivity contribution in [1.29, 1.82) is 0 Å². The van der Waals surface area contributed by atoms with Gasteiger partial charge in [-0.2, -0.15) is 13.2 Å². The predicted octanol–water partition coefficient (Wildman–Crippen LogP) is 2.34. The topological polar surface area (TPSA) is 72.1 Å². The van der Waals surface area contributed by atoms with Crippen molar-refractivity contribution in [3.63, 3.8) is 0 Å². The van der Waals surface area contributed by atoms with Crippen molar-refractivity contribution in [1.82, 2.24) is 0 Å². The molecule has 0 aliphatic heterocycles. The summed E-state index contributed by atoms with van der Waals surface area (Å²) in [5.41, 5.74) is 0.699. The molecule has 0 amide bonds. The average molecular weight is 359 g/mol. The number of aliphatic imine (C=N–C) groups is 1. The third-order valence-electron chi connectivity index (χ3n) is 2.61. The molecule has 0 bridgehead atoms. The van der Waals surface area contributed by atoms with Crippen LogP contribution < -0.4 is 5.32 Å². The van der Waals surface area contributed by atoms with Crippen molar-refractivity contribution in [2.75, 3.05) is 19.6 Å². The van der Waals surface area contributed by atoms with Crippen LogP contribution in [0.2, 0.25) is 10.0 Å². The lowest BCUT2D eigenvalue weighted by Crippen LogP contribution is -2.92. The summed E-state index contributed by atoms with van der Waals surface area (Å²) < 4.78 is 38.2. The molecule has 1 rings (SSSR count). The lowest BCUT2D eigenvalue weighted by Gasteiger charge is -2.07. The average Bonchev–Trinajstić information content (AvgIpc) is 2.39. The molecule has 0 aromatic heterocycles. The highest BCUT2D eigenvalue weighted by Gasteiger charge is 2.40. The largest absolute Gasteiger partial charge is 0.486 e. The molecule has 0 aliphatic rings. The Balaban J connectivity index is 2.64. The molecule has 0 aliphatic carbocycles. The van der Waals surface area contributed by atoms with Crippen LogP contribution in [0.5, 0.6) is 0 Å². The molecular formula is C12H13Cl2F3N3O2+. The fourth-order valence-electron chi connectivity index (χ4n) is 1.58. The maximum absolute atomic E-state index is 12.7. The van der Waals surface area contributed by atoms with Crippen molar-refractivity contribution < 1.29 is 23.4 Å². The Morgan fingerprint density at radius 1 is 1.32 bits per heavy atom. The van der Waals surface area contributed by atoms with Crippen LogP contribution in [-0.2, 0) is 6.42 Å². The van der Waals surface area contributed by atoms with Gasteiger partial charge in [-0.3, -0.25) is 15.4 Å². The SMILES string of the molecule is O=[N+]([O-])CC[NH2+]C(=NCCc1ccc(Cl)c(Cl)c1)C(F)(F)F. The van der Waals surface area contributed by atoms with E-state index in [0.717, 1.165) is 5.32 Å². The number of rotatable bonds is 6. The Morgan fingerprint density at radius 2 is 2.00 bits per heavy atom. The van der Waals surface area contributed by atoms with E-state index in [1.807, 2.05) is 0 Å². The Morgan fingerprint density at radius 3 is 2.55 bits per heavy atom. The fraction of sp³-hybridized carbons (Fsp3) is 0.417. The first kappa shape index (κ1) is 18.7. The fourth-order valence-corrected chi connectivity index (χ4v) is 1.90. The molecule has 0 spiro atoms. The van der Waals surface area contributed by atoms with Crippen molar-refractivity contribution in [3.05, 3.63) is 43.9 Å². The Kier molecular flexibility index (Phi) is 7.05. The third kappa shape index (κ3) is 6.59. The van der Waals surface area contributed by atoms with Crippen molar-refractivity contribution in [3.8, 4) is 0 Å². The van der Waals surface area contributed by atoms with Crippen LogP contribution >= 0.6 is 23.2 Å². The van der Waals surface area contributed by atoms with E-state index in [1.165, 1.54) is 0 Å². The van der Waals surface area contributed by atoms with Gasteiger partial charge in [0.25, 0.3) is 6.54 Å². The molecule has 2 N–H and O–H groups in total. The summed E-state index contributed by atoms with van der Waals surface area (Å²) in [7, 11) is 0. The van der Waals surface area contributed by atoms with E-state index in [4.69, 9.17) is 23.2 Å². The summed E-state index contributed by atoms with van der Waals surface area (Å²) in [4.78, 5) is 12.9. The molecule has 0 fully saturated rings. The minimum absolute atomic E-state index is 0.109. The summed E-state index contributed by atoms with van der Waals surface area (Å²) in [6.07, 6.45) is -4.38. The highest BCUT2D eigenvalue weighted by molar-refractivity contribution is 6.42. The van der Waals surface area contributed by atoms with Crippen LogP contribution in [0.1, 0.15) is 5.56 Å². The summed E-state index contributed by atoms with van der Waals surface area (Å²) in [5.74, 6) is -1.10. The molecule has 0 saturated carbocycles. The highest BCUT2D eigenvalue weighted by atomic mass is 35.5. The summed E-state index contributed by atoms with van der Waals surface area (Å²) in [6, 6.07) is 4.76. The van der Waals surface area contributed by atoms with Gasteiger partial charge in [-0.15, -0.1) is 0 Å². The van der Waals surface area contributed by atoms with Gasteiger partial charge in [0.2, 0.25) is 0 Å². The van der Waals surface area contributed by atoms with Crippen molar-refractivity contribution in [2.45, 2.75) is 12.6 Å². The molecule has 122 valence electrons. The second-order valence-corrected chi connectivity index (χ2v) is 5.13. The minimum Gasteiger partial charge on any atom is -0.288 e. The molecule has 0 atom stereocenters. The van der Waals surface area contributed by atoms with E-state index in [2.05, 4.69) is 4.99 Å². The van der Waals surface area contributed by atoms with E-state index < -0.39 is 23.5 Å². The number of quaternary nitrogens is 1. The molecule has 10 heteroatoms. The summed E-state index contributed by atoms with van der Waals surface area (Å²) in [5, 5.41) is 11.5. The highest BCUT2D eigenvalue weighted by Crippen LogP contribution is 2.22. The molecule has 5 nitrogen and oxygen atoms in total. The number of hydrogen-bond donors (Lipinski definition) is 1. The van der Waals surface area contributed by atoms with Gasteiger partial charge in [-0.1, -0.05) is 29.3 Å². The van der Waals surface area contributed by atoms with Crippen LogP contribution in [-0.4, -0.2) is 36.6 Å². The smallest absolute Gasteiger partial charge is 0.288 e. The molecule has 22 heavy (non-hydrogen) atoms.